The van der Waals surface area contributed by atoms with Crippen molar-refractivity contribution in [3.05, 3.63) is 105 Å². The number of ether oxygens (including phenoxy) is 1. The van der Waals surface area contributed by atoms with Gasteiger partial charge in [-0.1, -0.05) is 55.8 Å². The summed E-state index contributed by atoms with van der Waals surface area (Å²) >= 11 is 6.04. The lowest BCUT2D eigenvalue weighted by molar-refractivity contribution is 0.0238. The highest BCUT2D eigenvalue weighted by Crippen LogP contribution is 2.19. The zero-order chi connectivity index (χ0) is 29.1. The van der Waals surface area contributed by atoms with Gasteiger partial charge in [0.1, 0.15) is 11.9 Å². The molecule has 214 valence electrons. The highest BCUT2D eigenvalue weighted by atomic mass is 35.5. The van der Waals surface area contributed by atoms with E-state index in [-0.39, 0.29) is 29.5 Å². The molecule has 0 spiro atoms. The summed E-state index contributed by atoms with van der Waals surface area (Å²) in [6, 6.07) is 18.5. The quantitative estimate of drug-likeness (QED) is 0.236. The third kappa shape index (κ3) is 9.44. The van der Waals surface area contributed by atoms with Crippen LogP contribution in [0.1, 0.15) is 64.1 Å². The Morgan fingerprint density at radius 1 is 0.975 bits per heavy atom. The van der Waals surface area contributed by atoms with Crippen molar-refractivity contribution >= 4 is 23.5 Å². The fourth-order valence-corrected chi connectivity index (χ4v) is 4.88. The van der Waals surface area contributed by atoms with E-state index in [2.05, 4.69) is 5.32 Å². The molecule has 0 unspecified atom stereocenters. The average molecular weight is 568 g/mol. The van der Waals surface area contributed by atoms with Crippen molar-refractivity contribution in [2.24, 2.45) is 5.73 Å². The summed E-state index contributed by atoms with van der Waals surface area (Å²) in [5, 5.41) is 3.59. The zero-order valence-electron chi connectivity index (χ0n) is 23.5. The van der Waals surface area contributed by atoms with Gasteiger partial charge in [-0.05, 0) is 79.3 Å². The number of esters is 1. The Balaban J connectivity index is 1.80. The summed E-state index contributed by atoms with van der Waals surface area (Å²) < 4.78 is 19.9. The van der Waals surface area contributed by atoms with Crippen molar-refractivity contribution < 1.29 is 18.7 Å². The van der Waals surface area contributed by atoms with Gasteiger partial charge in [0.15, 0.2) is 0 Å². The molecule has 0 aliphatic rings. The van der Waals surface area contributed by atoms with Gasteiger partial charge in [0.25, 0.3) is 5.91 Å². The van der Waals surface area contributed by atoms with E-state index in [0.717, 1.165) is 24.0 Å². The molecule has 1 amide bonds. The fraction of sp³-hybridized carbons (Fsp3) is 0.375. The summed E-state index contributed by atoms with van der Waals surface area (Å²) in [4.78, 5) is 28.4. The fourth-order valence-electron chi connectivity index (χ4n) is 4.63. The minimum Gasteiger partial charge on any atom is -0.456 e. The lowest BCUT2D eigenvalue weighted by atomic mass is 10.0. The number of nitrogens with zero attached hydrogens (tertiary/aromatic N) is 1. The first-order chi connectivity index (χ1) is 19.2. The number of benzene rings is 3. The number of hydrogen-bond donors (Lipinski definition) is 2. The molecular formula is C32H39ClFN3O3. The number of nitrogens with one attached hydrogen (secondary N) is 1. The van der Waals surface area contributed by atoms with Crippen molar-refractivity contribution in [3.8, 4) is 0 Å². The van der Waals surface area contributed by atoms with E-state index in [4.69, 9.17) is 22.1 Å². The maximum absolute atomic E-state index is 13.9. The molecule has 0 radical (unpaired) electrons. The zero-order valence-corrected chi connectivity index (χ0v) is 24.2. The standard InChI is InChI=1S/C32H39ClFN3O3/c1-4-11-37(12-5-2)31(38)25-13-22(3)14-26(18-25)32(39)40-30(21-36-20-23-9-7-6-8-10-23)29(35)17-24-15-27(33)19-28(34)16-24/h6-10,13-16,18-19,29-30,36H,4-5,11-12,17,20-21,35H2,1-3H3/t29-,30+/m0/s1. The highest BCUT2D eigenvalue weighted by Gasteiger charge is 2.25. The van der Waals surface area contributed by atoms with E-state index < -0.39 is 23.9 Å². The first kappa shape index (κ1) is 31.3. The van der Waals surface area contributed by atoms with Gasteiger partial charge in [-0.25, -0.2) is 9.18 Å². The van der Waals surface area contributed by atoms with Crippen molar-refractivity contribution in [2.45, 2.75) is 58.7 Å². The molecule has 3 aromatic rings. The van der Waals surface area contributed by atoms with Crippen molar-refractivity contribution in [1.82, 2.24) is 10.2 Å². The van der Waals surface area contributed by atoms with E-state index in [1.807, 2.05) is 51.1 Å². The normalized spacial score (nSPS) is 12.6. The minimum absolute atomic E-state index is 0.109. The van der Waals surface area contributed by atoms with E-state index >= 15 is 0 Å². The van der Waals surface area contributed by atoms with Crippen LogP contribution >= 0.6 is 11.6 Å². The molecule has 0 aliphatic carbocycles. The predicted molar refractivity (Wildman–Crippen MR) is 158 cm³/mol. The van der Waals surface area contributed by atoms with Gasteiger partial charge < -0.3 is 20.7 Å². The van der Waals surface area contributed by atoms with E-state index in [1.54, 1.807) is 29.2 Å². The van der Waals surface area contributed by atoms with Crippen LogP contribution in [0.5, 0.6) is 0 Å². The Morgan fingerprint density at radius 3 is 2.30 bits per heavy atom. The van der Waals surface area contributed by atoms with E-state index in [0.29, 0.717) is 30.8 Å². The first-order valence-electron chi connectivity index (χ1n) is 13.8. The molecule has 0 bridgehead atoms. The van der Waals surface area contributed by atoms with Gasteiger partial charge in [-0.15, -0.1) is 0 Å². The van der Waals surface area contributed by atoms with Gasteiger partial charge in [0.2, 0.25) is 0 Å². The molecule has 2 atom stereocenters. The van der Waals surface area contributed by atoms with Gasteiger partial charge in [0.05, 0.1) is 5.56 Å². The van der Waals surface area contributed by atoms with E-state index in [9.17, 15) is 14.0 Å². The molecule has 0 saturated carbocycles. The van der Waals surface area contributed by atoms with Crippen LogP contribution in [0.15, 0.2) is 66.7 Å². The van der Waals surface area contributed by atoms with Crippen LogP contribution < -0.4 is 11.1 Å². The van der Waals surface area contributed by atoms with Crippen LogP contribution in [0.4, 0.5) is 4.39 Å². The molecule has 0 heterocycles. The van der Waals surface area contributed by atoms with Crippen molar-refractivity contribution in [3.63, 3.8) is 0 Å². The number of amides is 1. The van der Waals surface area contributed by atoms with Crippen LogP contribution in [-0.2, 0) is 17.7 Å². The lowest BCUT2D eigenvalue weighted by Gasteiger charge is -2.25. The third-order valence-corrected chi connectivity index (χ3v) is 6.70. The Labute approximate surface area is 241 Å². The molecule has 6 nitrogen and oxygen atoms in total. The molecule has 8 heteroatoms. The SMILES string of the molecule is CCCN(CCC)C(=O)c1cc(C)cc(C(=O)O[C@H](CNCc2ccccc2)[C@@H](N)Cc2cc(F)cc(Cl)c2)c1. The number of nitrogens with two attached hydrogens (primary N) is 1. The van der Waals surface area contributed by atoms with Gasteiger partial charge >= 0.3 is 5.97 Å². The summed E-state index contributed by atoms with van der Waals surface area (Å²) in [6.07, 6.45) is 1.22. The highest BCUT2D eigenvalue weighted by molar-refractivity contribution is 6.30. The summed E-state index contributed by atoms with van der Waals surface area (Å²) in [5.74, 6) is -1.14. The Bertz CT molecular complexity index is 1250. The molecule has 3 N–H and O–H groups in total. The number of carbonyl (C=O) groups is 2. The van der Waals surface area contributed by atoms with Crippen LogP contribution in [0.2, 0.25) is 5.02 Å². The second-order valence-corrected chi connectivity index (χ2v) is 10.5. The number of carbonyl (C=O) groups excluding carboxylic acids is 2. The average Bonchev–Trinajstić information content (AvgIpc) is 2.91. The van der Waals surface area contributed by atoms with Gasteiger partial charge in [0, 0.05) is 42.8 Å². The van der Waals surface area contributed by atoms with Crippen LogP contribution in [0.25, 0.3) is 0 Å². The second-order valence-electron chi connectivity index (χ2n) is 10.1. The summed E-state index contributed by atoms with van der Waals surface area (Å²) in [6.45, 7) is 8.03. The third-order valence-electron chi connectivity index (χ3n) is 6.48. The number of halogens is 2. The molecule has 0 saturated heterocycles. The van der Waals surface area contributed by atoms with Crippen molar-refractivity contribution in [2.75, 3.05) is 19.6 Å². The second kappa shape index (κ2) is 15.5. The molecule has 0 aliphatic heterocycles. The topological polar surface area (TPSA) is 84.7 Å². The minimum atomic E-state index is -0.727. The number of rotatable bonds is 14. The molecule has 3 rings (SSSR count). The summed E-state index contributed by atoms with van der Waals surface area (Å²) in [7, 11) is 0. The molecule has 0 aromatic heterocycles. The first-order valence-corrected chi connectivity index (χ1v) is 14.1. The predicted octanol–water partition coefficient (Wildman–Crippen LogP) is 5.93. The maximum Gasteiger partial charge on any atom is 0.338 e. The monoisotopic (exact) mass is 567 g/mol. The smallest absolute Gasteiger partial charge is 0.338 e. The molecule has 3 aromatic carbocycles. The van der Waals surface area contributed by atoms with E-state index in [1.165, 1.54) is 12.1 Å². The van der Waals surface area contributed by atoms with Crippen LogP contribution in [0, 0.1) is 12.7 Å². The largest absolute Gasteiger partial charge is 0.456 e. The van der Waals surface area contributed by atoms with Gasteiger partial charge in [-0.2, -0.15) is 0 Å². The maximum atomic E-state index is 13.9. The Morgan fingerprint density at radius 2 is 1.65 bits per heavy atom. The van der Waals surface area contributed by atoms with Gasteiger partial charge in [-0.3, -0.25) is 4.79 Å². The number of aryl methyl sites for hydroxylation is 1. The number of hydrogen-bond acceptors (Lipinski definition) is 5. The van der Waals surface area contributed by atoms with Crippen LogP contribution in [-0.4, -0.2) is 48.6 Å². The molecule has 40 heavy (non-hydrogen) atoms. The Kier molecular flexibility index (Phi) is 12.1. The summed E-state index contributed by atoms with van der Waals surface area (Å²) in [5.41, 5.74) is 9.72. The lowest BCUT2D eigenvalue weighted by Crippen LogP contribution is -2.46. The Hall–Kier alpha value is -3.26. The van der Waals surface area contributed by atoms with Crippen LogP contribution in [0.3, 0.4) is 0 Å². The molecular weight excluding hydrogens is 529 g/mol. The molecule has 0 fully saturated rings. The van der Waals surface area contributed by atoms with Crippen molar-refractivity contribution in [1.29, 1.82) is 0 Å².